The first-order valence-corrected chi connectivity index (χ1v) is 8.86. The van der Waals surface area contributed by atoms with Crippen molar-refractivity contribution in [3.05, 3.63) is 72.5 Å². The third kappa shape index (κ3) is 6.11. The van der Waals surface area contributed by atoms with Gasteiger partial charge in [-0.1, -0.05) is 43.4 Å². The van der Waals surface area contributed by atoms with Crippen molar-refractivity contribution in [2.75, 3.05) is 17.2 Å². The van der Waals surface area contributed by atoms with Crippen LogP contribution in [0.1, 0.15) is 39.5 Å². The number of hydrogen-bond acceptors (Lipinski definition) is 2. The van der Waals surface area contributed by atoms with Crippen LogP contribution in [0.3, 0.4) is 0 Å². The molecule has 0 heterocycles. The standard InChI is InChI=1S/C22H30N2/c1-17(2)19(4)11-10-18(3)16-23-20-12-14-22(15-13-20)24-21-8-6-5-7-9-21/h6,8-9,12-15,18,23-24H,1,4-5,7,10-11,16H2,2-3H3. The van der Waals surface area contributed by atoms with E-state index < -0.39 is 0 Å². The Morgan fingerprint density at radius 3 is 2.46 bits per heavy atom. The van der Waals surface area contributed by atoms with E-state index in [0.29, 0.717) is 5.92 Å². The summed E-state index contributed by atoms with van der Waals surface area (Å²) >= 11 is 0. The van der Waals surface area contributed by atoms with Gasteiger partial charge in [0, 0.05) is 23.6 Å². The lowest BCUT2D eigenvalue weighted by Crippen LogP contribution is -2.11. The number of hydrogen-bond donors (Lipinski definition) is 2. The fourth-order valence-corrected chi connectivity index (χ4v) is 2.57. The van der Waals surface area contributed by atoms with Crippen LogP contribution < -0.4 is 10.6 Å². The Morgan fingerprint density at radius 1 is 1.12 bits per heavy atom. The van der Waals surface area contributed by atoms with Crippen molar-refractivity contribution in [2.24, 2.45) is 5.92 Å². The maximum atomic E-state index is 4.07. The molecule has 0 fully saturated rings. The molecule has 0 saturated carbocycles. The van der Waals surface area contributed by atoms with Gasteiger partial charge in [0.1, 0.15) is 0 Å². The van der Waals surface area contributed by atoms with Crippen molar-refractivity contribution in [1.29, 1.82) is 0 Å². The third-order valence-corrected chi connectivity index (χ3v) is 4.37. The predicted octanol–water partition coefficient (Wildman–Crippen LogP) is 6.29. The maximum Gasteiger partial charge on any atom is 0.0385 e. The fourth-order valence-electron chi connectivity index (χ4n) is 2.57. The van der Waals surface area contributed by atoms with E-state index in [2.05, 4.69) is 73.2 Å². The minimum atomic E-state index is 0.608. The molecule has 2 heteroatoms. The van der Waals surface area contributed by atoms with E-state index in [1.54, 1.807) is 0 Å². The molecule has 0 amide bonds. The topological polar surface area (TPSA) is 24.1 Å². The van der Waals surface area contributed by atoms with Crippen molar-refractivity contribution in [3.63, 3.8) is 0 Å². The third-order valence-electron chi connectivity index (χ3n) is 4.37. The first-order valence-electron chi connectivity index (χ1n) is 8.86. The highest BCUT2D eigenvalue weighted by Crippen LogP contribution is 2.19. The molecule has 0 spiro atoms. The molecule has 1 aromatic carbocycles. The fraction of sp³-hybridized carbons (Fsp3) is 0.364. The van der Waals surface area contributed by atoms with Crippen molar-refractivity contribution >= 4 is 11.4 Å². The predicted molar refractivity (Wildman–Crippen MR) is 107 cm³/mol. The van der Waals surface area contributed by atoms with Gasteiger partial charge in [-0.2, -0.15) is 0 Å². The van der Waals surface area contributed by atoms with E-state index in [4.69, 9.17) is 0 Å². The van der Waals surface area contributed by atoms with Gasteiger partial charge < -0.3 is 10.6 Å². The van der Waals surface area contributed by atoms with E-state index in [9.17, 15) is 0 Å². The first-order chi connectivity index (χ1) is 11.5. The number of allylic oxidation sites excluding steroid dienone is 5. The second-order valence-corrected chi connectivity index (χ2v) is 6.75. The molecule has 128 valence electrons. The van der Waals surface area contributed by atoms with Crippen LogP contribution in [0.25, 0.3) is 0 Å². The van der Waals surface area contributed by atoms with Gasteiger partial charge in [0.25, 0.3) is 0 Å². The monoisotopic (exact) mass is 322 g/mol. The molecule has 1 aromatic rings. The molecule has 1 aliphatic carbocycles. The normalized spacial score (nSPS) is 14.7. The smallest absolute Gasteiger partial charge is 0.0385 e. The lowest BCUT2D eigenvalue weighted by atomic mass is 9.99. The minimum absolute atomic E-state index is 0.608. The Labute approximate surface area is 147 Å². The summed E-state index contributed by atoms with van der Waals surface area (Å²) in [6.45, 7) is 13.3. The molecule has 24 heavy (non-hydrogen) atoms. The highest BCUT2D eigenvalue weighted by atomic mass is 14.9. The van der Waals surface area contributed by atoms with Crippen LogP contribution in [0.4, 0.5) is 11.4 Å². The Balaban J connectivity index is 1.75. The number of rotatable bonds is 9. The zero-order valence-corrected chi connectivity index (χ0v) is 15.1. The van der Waals surface area contributed by atoms with Crippen LogP contribution in [0.5, 0.6) is 0 Å². The van der Waals surface area contributed by atoms with Gasteiger partial charge in [-0.25, -0.2) is 0 Å². The summed E-state index contributed by atoms with van der Waals surface area (Å²) < 4.78 is 0. The molecule has 0 aliphatic heterocycles. The molecule has 2 N–H and O–H groups in total. The van der Waals surface area contributed by atoms with Gasteiger partial charge in [0.2, 0.25) is 0 Å². The maximum absolute atomic E-state index is 4.07. The molecular formula is C22H30N2. The largest absolute Gasteiger partial charge is 0.385 e. The molecule has 1 aliphatic rings. The second kappa shape index (κ2) is 9.17. The Bertz CT molecular complexity index is 620. The minimum Gasteiger partial charge on any atom is -0.385 e. The highest BCUT2D eigenvalue weighted by molar-refractivity contribution is 5.57. The molecule has 0 saturated heterocycles. The number of benzene rings is 1. The summed E-state index contributed by atoms with van der Waals surface area (Å²) in [4.78, 5) is 0. The van der Waals surface area contributed by atoms with Crippen molar-refractivity contribution < 1.29 is 0 Å². The molecule has 1 unspecified atom stereocenters. The van der Waals surface area contributed by atoms with E-state index in [1.165, 1.54) is 17.0 Å². The Morgan fingerprint density at radius 2 is 1.83 bits per heavy atom. The summed E-state index contributed by atoms with van der Waals surface area (Å²) in [6, 6.07) is 8.52. The van der Waals surface area contributed by atoms with Gasteiger partial charge in [0.15, 0.2) is 0 Å². The van der Waals surface area contributed by atoms with Gasteiger partial charge in [0.05, 0.1) is 0 Å². The van der Waals surface area contributed by atoms with Crippen LogP contribution in [0.15, 0.2) is 72.5 Å². The van der Waals surface area contributed by atoms with E-state index >= 15 is 0 Å². The summed E-state index contributed by atoms with van der Waals surface area (Å²) in [5.74, 6) is 0.608. The lowest BCUT2D eigenvalue weighted by Gasteiger charge is -2.15. The average Bonchev–Trinajstić information content (AvgIpc) is 2.59. The zero-order valence-electron chi connectivity index (χ0n) is 15.1. The van der Waals surface area contributed by atoms with Crippen molar-refractivity contribution in [3.8, 4) is 0 Å². The van der Waals surface area contributed by atoms with E-state index in [-0.39, 0.29) is 0 Å². The average molecular weight is 322 g/mol. The first kappa shape index (κ1) is 18.1. The number of anilines is 2. The molecule has 2 rings (SSSR count). The molecular weight excluding hydrogens is 292 g/mol. The van der Waals surface area contributed by atoms with E-state index in [1.807, 2.05) is 6.92 Å². The van der Waals surface area contributed by atoms with Crippen LogP contribution in [0, 0.1) is 5.92 Å². The summed E-state index contributed by atoms with van der Waals surface area (Å²) in [5.41, 5.74) is 5.75. The van der Waals surface area contributed by atoms with E-state index in [0.717, 1.165) is 43.5 Å². The molecule has 0 bridgehead atoms. The van der Waals surface area contributed by atoms with Crippen LogP contribution in [0.2, 0.25) is 0 Å². The zero-order chi connectivity index (χ0) is 17.4. The molecule has 0 radical (unpaired) electrons. The van der Waals surface area contributed by atoms with Gasteiger partial charge in [-0.3, -0.25) is 0 Å². The van der Waals surface area contributed by atoms with Crippen LogP contribution in [-0.4, -0.2) is 6.54 Å². The molecule has 0 aromatic heterocycles. The molecule has 1 atom stereocenters. The Hall–Kier alpha value is -2.22. The quantitative estimate of drug-likeness (QED) is 0.522. The van der Waals surface area contributed by atoms with Crippen LogP contribution in [-0.2, 0) is 0 Å². The lowest BCUT2D eigenvalue weighted by molar-refractivity contribution is 0.560. The second-order valence-electron chi connectivity index (χ2n) is 6.75. The van der Waals surface area contributed by atoms with Gasteiger partial charge in [-0.15, -0.1) is 0 Å². The summed E-state index contributed by atoms with van der Waals surface area (Å²) in [5, 5.41) is 6.96. The van der Waals surface area contributed by atoms with Gasteiger partial charge >= 0.3 is 0 Å². The molecule has 2 nitrogen and oxygen atoms in total. The van der Waals surface area contributed by atoms with Gasteiger partial charge in [-0.05, 0) is 68.9 Å². The van der Waals surface area contributed by atoms with Crippen molar-refractivity contribution in [1.82, 2.24) is 0 Å². The summed E-state index contributed by atoms with van der Waals surface area (Å²) in [7, 11) is 0. The van der Waals surface area contributed by atoms with Crippen molar-refractivity contribution in [2.45, 2.75) is 39.5 Å². The van der Waals surface area contributed by atoms with Crippen LogP contribution >= 0.6 is 0 Å². The summed E-state index contributed by atoms with van der Waals surface area (Å²) in [6.07, 6.45) is 11.0. The highest BCUT2D eigenvalue weighted by Gasteiger charge is 2.04. The SMILES string of the molecule is C=C(C)C(=C)CCC(C)CNc1ccc(NC2=CCCC=C2)cc1. The number of nitrogens with one attached hydrogen (secondary N) is 2. The Kier molecular flexibility index (Phi) is 6.92.